The Morgan fingerprint density at radius 3 is 2.37 bits per heavy atom. The molecule has 2 aliphatic carbocycles. The number of carbonyl (C=O) groups excluding carboxylic acids is 4. The van der Waals surface area contributed by atoms with Crippen molar-refractivity contribution in [3.05, 3.63) is 85.0 Å². The summed E-state index contributed by atoms with van der Waals surface area (Å²) in [6.45, 7) is 9.06. The van der Waals surface area contributed by atoms with Crippen LogP contribution in [0.4, 0.5) is 0 Å². The molecular weight excluding hydrogens is 853 g/mol. The minimum Gasteiger partial charge on any atom is -0.497 e. The molecule has 1 aromatic carbocycles. The first-order valence-electron chi connectivity index (χ1n) is 20.2. The number of sulfonamides is 1. The number of methoxy groups -OCH3 is 1. The van der Waals surface area contributed by atoms with Gasteiger partial charge in [0.2, 0.25) is 11.8 Å². The van der Waals surface area contributed by atoms with E-state index in [-0.39, 0.29) is 29.7 Å². The van der Waals surface area contributed by atoms with Crippen LogP contribution in [-0.2, 0) is 33.9 Å². The van der Waals surface area contributed by atoms with Crippen molar-refractivity contribution in [3.63, 3.8) is 0 Å². The van der Waals surface area contributed by atoms with Gasteiger partial charge in [0.15, 0.2) is 0 Å². The molecule has 3 fully saturated rings. The average Bonchev–Trinajstić information content (AvgIpc) is 3.87. The van der Waals surface area contributed by atoms with Crippen molar-refractivity contribution in [1.29, 1.82) is 0 Å². The second-order valence-corrected chi connectivity index (χ2v) is 20.6. The maximum atomic E-state index is 14.8. The zero-order valence-electron chi connectivity index (χ0n) is 34.5. The molecule has 1 aliphatic heterocycles. The molecule has 19 heteroatoms. The molecule has 0 radical (unpaired) electrons. The fourth-order valence-corrected chi connectivity index (χ4v) is 10.8. The molecule has 3 amide bonds. The van der Waals surface area contributed by atoms with Crippen LogP contribution >= 0.6 is 22.7 Å². The molecule has 8 rings (SSSR count). The minimum atomic E-state index is -4.38. The van der Waals surface area contributed by atoms with Gasteiger partial charge in [-0.15, -0.1) is 34.4 Å². The largest absolute Gasteiger partial charge is 0.497 e. The molecule has 2 saturated carbocycles. The highest BCUT2D eigenvalue weighted by molar-refractivity contribution is 7.92. The molecular formula is C43H46N8O8S3. The van der Waals surface area contributed by atoms with Crippen LogP contribution < -0.4 is 14.8 Å². The van der Waals surface area contributed by atoms with E-state index in [1.54, 1.807) is 76.7 Å². The SMILES string of the molecule is C=C[C@@H]1C[C@@]1(NC(=O)[C@@H]1C[C@@H](n2nc(-c3ccc(OC)cc3)c(-c3nccs3)n2)CN1C(=O)[C@@H](C(=O)OC1CCC1)C(C)(C)C)C(=O)NS(=O)(=O)c1ccc(-c2ccccn2)s1. The molecule has 62 heavy (non-hydrogen) atoms. The van der Waals surface area contributed by atoms with Crippen LogP contribution in [0.2, 0.25) is 0 Å². The first-order chi connectivity index (χ1) is 29.6. The molecule has 0 spiro atoms. The number of benzene rings is 1. The number of likely N-dealkylation sites (tertiary alicyclic amines) is 1. The van der Waals surface area contributed by atoms with E-state index in [1.165, 1.54) is 33.2 Å². The summed E-state index contributed by atoms with van der Waals surface area (Å²) < 4.78 is 40.5. The Morgan fingerprint density at radius 1 is 1.00 bits per heavy atom. The fraction of sp³-hybridized carbons (Fsp3) is 0.395. The van der Waals surface area contributed by atoms with Gasteiger partial charge in [0.25, 0.3) is 15.9 Å². The van der Waals surface area contributed by atoms with Crippen LogP contribution in [0.1, 0.15) is 58.9 Å². The molecule has 16 nitrogen and oxygen atoms in total. The molecule has 5 atom stereocenters. The molecule has 324 valence electrons. The van der Waals surface area contributed by atoms with Crippen molar-refractivity contribution in [1.82, 2.24) is 39.9 Å². The van der Waals surface area contributed by atoms with Gasteiger partial charge in [0.1, 0.15) is 50.0 Å². The Labute approximate surface area is 366 Å². The third kappa shape index (κ3) is 8.40. The summed E-state index contributed by atoms with van der Waals surface area (Å²) in [5.74, 6) is -4.18. The number of amides is 3. The molecule has 4 aromatic heterocycles. The average molecular weight is 899 g/mol. The quantitative estimate of drug-likeness (QED) is 0.0787. The molecule has 1 saturated heterocycles. The lowest BCUT2D eigenvalue weighted by Crippen LogP contribution is -2.57. The third-order valence-electron chi connectivity index (χ3n) is 11.5. The highest BCUT2D eigenvalue weighted by Gasteiger charge is 2.62. The number of rotatable bonds is 14. The van der Waals surface area contributed by atoms with Crippen molar-refractivity contribution in [3.8, 4) is 38.3 Å². The van der Waals surface area contributed by atoms with E-state index in [0.29, 0.717) is 45.6 Å². The monoisotopic (exact) mass is 898 g/mol. The lowest BCUT2D eigenvalue weighted by molar-refractivity contribution is -0.169. The van der Waals surface area contributed by atoms with Gasteiger partial charge in [0.05, 0.1) is 23.7 Å². The third-order valence-corrected chi connectivity index (χ3v) is 15.3. The summed E-state index contributed by atoms with van der Waals surface area (Å²) in [6, 6.07) is 13.7. The van der Waals surface area contributed by atoms with Crippen molar-refractivity contribution < 1.29 is 37.1 Å². The zero-order valence-corrected chi connectivity index (χ0v) is 37.0. The van der Waals surface area contributed by atoms with Gasteiger partial charge in [0, 0.05) is 42.2 Å². The lowest BCUT2D eigenvalue weighted by atomic mass is 9.79. The van der Waals surface area contributed by atoms with Gasteiger partial charge in [-0.25, -0.2) is 18.1 Å². The van der Waals surface area contributed by atoms with E-state index in [9.17, 15) is 27.6 Å². The first-order valence-corrected chi connectivity index (χ1v) is 23.3. The Bertz CT molecular complexity index is 2600. The highest BCUT2D eigenvalue weighted by atomic mass is 32.2. The number of thiazole rings is 1. The lowest BCUT2D eigenvalue weighted by Gasteiger charge is -2.35. The maximum absolute atomic E-state index is 14.8. The number of thiophene rings is 1. The molecule has 5 aromatic rings. The number of nitrogens with one attached hydrogen (secondary N) is 2. The van der Waals surface area contributed by atoms with E-state index in [2.05, 4.69) is 26.6 Å². The number of aromatic nitrogens is 5. The predicted octanol–water partition coefficient (Wildman–Crippen LogP) is 5.67. The van der Waals surface area contributed by atoms with E-state index in [4.69, 9.17) is 19.7 Å². The summed E-state index contributed by atoms with van der Waals surface area (Å²) in [5, 5.41) is 15.0. The van der Waals surface area contributed by atoms with Crippen molar-refractivity contribution in [2.24, 2.45) is 17.3 Å². The zero-order chi connectivity index (χ0) is 44.0. The van der Waals surface area contributed by atoms with E-state index >= 15 is 0 Å². The number of carbonyl (C=O) groups is 4. The maximum Gasteiger partial charge on any atom is 0.319 e. The second-order valence-electron chi connectivity index (χ2n) is 16.7. The van der Waals surface area contributed by atoms with E-state index in [1.807, 2.05) is 17.5 Å². The topological polar surface area (TPSA) is 205 Å². The van der Waals surface area contributed by atoms with E-state index < -0.39 is 68.6 Å². The number of hydrogen-bond donors (Lipinski definition) is 2. The predicted molar refractivity (Wildman–Crippen MR) is 231 cm³/mol. The smallest absolute Gasteiger partial charge is 0.319 e. The van der Waals surface area contributed by atoms with Gasteiger partial charge in [-0.2, -0.15) is 9.90 Å². The van der Waals surface area contributed by atoms with Crippen LogP contribution in [0.25, 0.3) is 32.5 Å². The van der Waals surface area contributed by atoms with Crippen molar-refractivity contribution in [2.45, 2.75) is 80.8 Å². The summed E-state index contributed by atoms with van der Waals surface area (Å²) in [4.78, 5) is 69.6. The first kappa shape index (κ1) is 42.9. The van der Waals surface area contributed by atoms with Crippen LogP contribution in [-0.4, -0.2) is 93.3 Å². The highest BCUT2D eigenvalue weighted by Crippen LogP contribution is 2.46. The Morgan fingerprint density at radius 2 is 1.76 bits per heavy atom. The normalized spacial score (nSPS) is 21.7. The van der Waals surface area contributed by atoms with Gasteiger partial charge < -0.3 is 19.7 Å². The number of hydrogen-bond acceptors (Lipinski definition) is 14. The van der Waals surface area contributed by atoms with Crippen LogP contribution in [0, 0.1) is 17.3 Å². The fourth-order valence-electron chi connectivity index (χ4n) is 7.81. The molecule has 5 heterocycles. The van der Waals surface area contributed by atoms with Crippen LogP contribution in [0.5, 0.6) is 5.75 Å². The summed E-state index contributed by atoms with van der Waals surface area (Å²) in [7, 11) is -2.80. The summed E-state index contributed by atoms with van der Waals surface area (Å²) >= 11 is 2.33. The number of esters is 1. The van der Waals surface area contributed by atoms with Gasteiger partial charge in [-0.1, -0.05) is 32.9 Å². The Kier molecular flexibility index (Phi) is 11.6. The van der Waals surface area contributed by atoms with Gasteiger partial charge in [-0.05, 0) is 79.6 Å². The molecule has 3 aliphatic rings. The molecule has 0 unspecified atom stereocenters. The molecule has 0 bridgehead atoms. The second kappa shape index (κ2) is 16.8. The number of pyridine rings is 1. The van der Waals surface area contributed by atoms with E-state index in [0.717, 1.165) is 23.3 Å². The van der Waals surface area contributed by atoms with Crippen molar-refractivity contribution in [2.75, 3.05) is 13.7 Å². The standard InChI is InChI=1S/C43H46N8O8S3/c1-6-26-23-43(26,41(55)49-62(56,57)33-18-17-32(61-33)30-12-7-8-19-44-30)46-37(52)31-22-27(24-50(31)39(53)34(42(2,3)4)40(54)59-29-10-9-11-29)51-47-35(25-13-15-28(58-5)16-14-25)36(48-51)38-45-20-21-60-38/h6-8,12-21,26-27,29,31,34H,1,9-11,22-24H2,2-5H3,(H,46,52)(H,49,55)/t26-,27-,31+,34+,43+/m1/s1. The summed E-state index contributed by atoms with van der Waals surface area (Å²) in [5.41, 5.74) is -0.269. The van der Waals surface area contributed by atoms with Crippen LogP contribution in [0.15, 0.2) is 89.2 Å². The van der Waals surface area contributed by atoms with Gasteiger partial charge in [-0.3, -0.25) is 24.2 Å². The number of nitrogens with zero attached hydrogens (tertiary/aromatic N) is 6. The van der Waals surface area contributed by atoms with Crippen LogP contribution in [0.3, 0.4) is 0 Å². The van der Waals surface area contributed by atoms with Gasteiger partial charge >= 0.3 is 5.97 Å². The number of ether oxygens (including phenoxy) is 2. The van der Waals surface area contributed by atoms with Crippen molar-refractivity contribution >= 4 is 56.4 Å². The summed E-state index contributed by atoms with van der Waals surface area (Å²) in [6.07, 6.45) is 6.86. The Balaban J connectivity index is 1.10. The molecule has 2 N–H and O–H groups in total. The minimum absolute atomic E-state index is 0.000395. The Hall–Kier alpha value is -5.79.